The third-order valence-corrected chi connectivity index (χ3v) is 2.96. The van der Waals surface area contributed by atoms with E-state index in [1.807, 2.05) is 6.92 Å². The molecule has 4 heteroatoms. The van der Waals surface area contributed by atoms with Crippen molar-refractivity contribution < 1.29 is 19.1 Å². The minimum atomic E-state index is -1.17. The fraction of sp³-hybridized carbons (Fsp3) is 0.833. The van der Waals surface area contributed by atoms with Gasteiger partial charge in [0.25, 0.3) is 0 Å². The van der Waals surface area contributed by atoms with E-state index in [4.69, 9.17) is 9.47 Å². The van der Waals surface area contributed by atoms with Crippen molar-refractivity contribution in [2.24, 2.45) is 5.41 Å². The summed E-state index contributed by atoms with van der Waals surface area (Å²) in [6, 6.07) is 0. The second-order valence-electron chi connectivity index (χ2n) is 4.46. The highest BCUT2D eigenvalue weighted by molar-refractivity contribution is 6.06. The molecule has 1 unspecified atom stereocenters. The number of hydrogen-bond acceptors (Lipinski definition) is 4. The van der Waals surface area contributed by atoms with Crippen LogP contribution in [-0.2, 0) is 19.1 Å². The van der Waals surface area contributed by atoms with E-state index in [1.165, 1.54) is 7.11 Å². The Hall–Kier alpha value is -0.900. The molecule has 0 aliphatic rings. The first-order chi connectivity index (χ1) is 7.26. The van der Waals surface area contributed by atoms with Gasteiger partial charge in [-0.1, -0.05) is 6.92 Å². The Morgan fingerprint density at radius 2 is 1.62 bits per heavy atom. The third kappa shape index (κ3) is 2.82. The number of Topliss-reactive ketones (excluding diaryl/α,β-unsaturated/α-hetero) is 1. The number of ketones is 1. The van der Waals surface area contributed by atoms with Gasteiger partial charge in [-0.15, -0.1) is 0 Å². The van der Waals surface area contributed by atoms with E-state index < -0.39 is 17.0 Å². The molecule has 1 atom stereocenters. The summed E-state index contributed by atoms with van der Waals surface area (Å²) in [5.74, 6) is -0.750. The molecule has 0 bridgehead atoms. The van der Waals surface area contributed by atoms with Crippen LogP contribution in [0.2, 0.25) is 0 Å². The Kier molecular flexibility index (Phi) is 5.13. The molecule has 0 aliphatic heterocycles. The molecule has 0 heterocycles. The molecule has 0 aromatic heterocycles. The van der Waals surface area contributed by atoms with Gasteiger partial charge in [-0.3, -0.25) is 9.59 Å². The number of carbonyl (C=O) groups excluding carboxylic acids is 2. The van der Waals surface area contributed by atoms with Crippen molar-refractivity contribution >= 4 is 11.8 Å². The van der Waals surface area contributed by atoms with Crippen molar-refractivity contribution in [1.29, 1.82) is 0 Å². The zero-order valence-electron chi connectivity index (χ0n) is 11.0. The monoisotopic (exact) mass is 230 g/mol. The summed E-state index contributed by atoms with van der Waals surface area (Å²) in [7, 11) is 1.47. The molecule has 0 radical (unpaired) electrons. The highest BCUT2D eigenvalue weighted by Gasteiger charge is 2.46. The molecule has 4 nitrogen and oxygen atoms in total. The largest absolute Gasteiger partial charge is 0.465 e. The second-order valence-corrected chi connectivity index (χ2v) is 4.46. The molecule has 0 aromatic rings. The molecule has 0 N–H and O–H groups in total. The maximum atomic E-state index is 12.2. The lowest BCUT2D eigenvalue weighted by Crippen LogP contribution is -2.49. The van der Waals surface area contributed by atoms with E-state index in [0.717, 1.165) is 0 Å². The molecular weight excluding hydrogens is 208 g/mol. The molecule has 0 rings (SSSR count). The van der Waals surface area contributed by atoms with E-state index >= 15 is 0 Å². The molecule has 16 heavy (non-hydrogen) atoms. The van der Waals surface area contributed by atoms with Gasteiger partial charge in [0.1, 0.15) is 11.0 Å². The van der Waals surface area contributed by atoms with Crippen molar-refractivity contribution in [2.75, 3.05) is 13.7 Å². The number of hydrogen-bond donors (Lipinski definition) is 0. The zero-order valence-corrected chi connectivity index (χ0v) is 11.0. The van der Waals surface area contributed by atoms with E-state index in [2.05, 4.69) is 0 Å². The maximum Gasteiger partial charge on any atom is 0.319 e. The van der Waals surface area contributed by atoms with Gasteiger partial charge in [-0.2, -0.15) is 0 Å². The SMILES string of the molecule is CCOC(=O)C(C)(C)C(=O)C(C)(CC)OC. The minimum absolute atomic E-state index is 0.247. The van der Waals surface area contributed by atoms with E-state index in [-0.39, 0.29) is 12.4 Å². The molecule has 0 amide bonds. The number of ether oxygens (including phenoxy) is 2. The number of rotatable bonds is 6. The average molecular weight is 230 g/mol. The lowest BCUT2D eigenvalue weighted by Gasteiger charge is -2.32. The van der Waals surface area contributed by atoms with Gasteiger partial charge >= 0.3 is 5.97 Å². The van der Waals surface area contributed by atoms with Crippen molar-refractivity contribution in [2.45, 2.75) is 46.6 Å². The molecule has 0 aliphatic carbocycles. The Bertz CT molecular complexity index is 264. The normalized spacial score (nSPS) is 15.4. The van der Waals surface area contributed by atoms with Crippen molar-refractivity contribution in [3.63, 3.8) is 0 Å². The second kappa shape index (κ2) is 5.43. The van der Waals surface area contributed by atoms with Gasteiger partial charge in [-0.25, -0.2) is 0 Å². The smallest absolute Gasteiger partial charge is 0.319 e. The average Bonchev–Trinajstić information content (AvgIpc) is 2.27. The molecule has 0 aromatic carbocycles. The van der Waals surface area contributed by atoms with Crippen LogP contribution in [0.1, 0.15) is 41.0 Å². The molecular formula is C12H22O4. The molecule has 0 saturated heterocycles. The van der Waals surface area contributed by atoms with Crippen LogP contribution in [0.4, 0.5) is 0 Å². The van der Waals surface area contributed by atoms with E-state index in [0.29, 0.717) is 6.42 Å². The summed E-state index contributed by atoms with van der Waals surface area (Å²) >= 11 is 0. The maximum absolute atomic E-state index is 12.2. The predicted molar refractivity (Wildman–Crippen MR) is 61.1 cm³/mol. The van der Waals surface area contributed by atoms with Crippen LogP contribution in [0, 0.1) is 5.41 Å². The fourth-order valence-corrected chi connectivity index (χ4v) is 1.46. The van der Waals surface area contributed by atoms with Crippen LogP contribution in [0.25, 0.3) is 0 Å². The van der Waals surface area contributed by atoms with Gasteiger partial charge in [0.2, 0.25) is 0 Å². The van der Waals surface area contributed by atoms with Gasteiger partial charge in [0, 0.05) is 7.11 Å². The topological polar surface area (TPSA) is 52.6 Å². The van der Waals surface area contributed by atoms with Crippen molar-refractivity contribution in [3.05, 3.63) is 0 Å². The van der Waals surface area contributed by atoms with Gasteiger partial charge < -0.3 is 9.47 Å². The van der Waals surface area contributed by atoms with Gasteiger partial charge in [-0.05, 0) is 34.1 Å². The van der Waals surface area contributed by atoms with Crippen LogP contribution in [0.5, 0.6) is 0 Å². The first-order valence-corrected chi connectivity index (χ1v) is 5.53. The van der Waals surface area contributed by atoms with Crippen LogP contribution in [-0.4, -0.2) is 31.1 Å². The summed E-state index contributed by atoms with van der Waals surface area (Å²) < 4.78 is 10.1. The Balaban J connectivity index is 5.02. The molecule has 94 valence electrons. The summed E-state index contributed by atoms with van der Waals surface area (Å²) in [5.41, 5.74) is -2.10. The van der Waals surface area contributed by atoms with Crippen LogP contribution in [0.3, 0.4) is 0 Å². The number of esters is 1. The number of methoxy groups -OCH3 is 1. The summed E-state index contributed by atoms with van der Waals surface area (Å²) in [5, 5.41) is 0. The quantitative estimate of drug-likeness (QED) is 0.517. The van der Waals surface area contributed by atoms with Gasteiger partial charge in [0.15, 0.2) is 5.78 Å². The van der Waals surface area contributed by atoms with Crippen molar-refractivity contribution in [3.8, 4) is 0 Å². The zero-order chi connectivity index (χ0) is 13.0. The van der Waals surface area contributed by atoms with Crippen LogP contribution in [0.15, 0.2) is 0 Å². The lowest BCUT2D eigenvalue weighted by molar-refractivity contribution is -0.166. The third-order valence-electron chi connectivity index (χ3n) is 2.96. The highest BCUT2D eigenvalue weighted by Crippen LogP contribution is 2.29. The molecule has 0 fully saturated rings. The Morgan fingerprint density at radius 1 is 1.12 bits per heavy atom. The summed E-state index contributed by atoms with van der Waals surface area (Å²) in [4.78, 5) is 23.9. The van der Waals surface area contributed by atoms with E-state index in [1.54, 1.807) is 27.7 Å². The molecule has 0 saturated carbocycles. The number of carbonyl (C=O) groups is 2. The first kappa shape index (κ1) is 15.1. The Morgan fingerprint density at radius 3 is 1.94 bits per heavy atom. The van der Waals surface area contributed by atoms with Gasteiger partial charge in [0.05, 0.1) is 6.61 Å². The fourth-order valence-electron chi connectivity index (χ4n) is 1.46. The standard InChI is InChI=1S/C12H22O4/c1-7-12(5,15-6)9(13)11(3,4)10(14)16-8-2/h7-8H2,1-6H3. The van der Waals surface area contributed by atoms with Crippen molar-refractivity contribution in [1.82, 2.24) is 0 Å². The summed E-state index contributed by atoms with van der Waals surface area (Å²) in [6.45, 7) is 8.67. The van der Waals surface area contributed by atoms with E-state index in [9.17, 15) is 9.59 Å². The predicted octanol–water partition coefficient (Wildman–Crippen LogP) is 1.96. The first-order valence-electron chi connectivity index (χ1n) is 5.53. The highest BCUT2D eigenvalue weighted by atomic mass is 16.5. The lowest BCUT2D eigenvalue weighted by atomic mass is 9.78. The van der Waals surface area contributed by atoms with Crippen LogP contribution < -0.4 is 0 Å². The molecule has 0 spiro atoms. The Labute approximate surface area is 97.3 Å². The van der Waals surface area contributed by atoms with Crippen LogP contribution >= 0.6 is 0 Å². The minimum Gasteiger partial charge on any atom is -0.465 e. The summed E-state index contributed by atoms with van der Waals surface area (Å²) in [6.07, 6.45) is 0.519.